The molecule has 3 aliphatic rings. The quantitative estimate of drug-likeness (QED) is 0.405. The number of hydrogen-bond acceptors (Lipinski definition) is 7. The van der Waals surface area contributed by atoms with E-state index in [1.54, 1.807) is 19.9 Å². The number of esters is 3. The fraction of sp³-hybridized carbons (Fsp3) is 0.625. The van der Waals surface area contributed by atoms with Gasteiger partial charge in [0.15, 0.2) is 11.7 Å². The molecule has 3 rings (SSSR count). The Labute approximate surface area is 183 Å². The first-order valence-electron chi connectivity index (χ1n) is 10.8. The topological polar surface area (TPSA) is 99.1 Å². The fourth-order valence-corrected chi connectivity index (χ4v) is 5.00. The molecule has 2 heterocycles. The standard InChI is InChI=1S/C24H32O7/c1-13(2)17-11-19(26)31-23(6)10-9-15(4)22-24(28,12-20(27)30-22)21(29-16(5)25)14(3)7-8-18(17)23/h7,11,13,18,21,28H,8-10,12H2,1-6H3/b14-7-,22-15+/t18-,21+,23+,24+/m1/s1. The van der Waals surface area contributed by atoms with Gasteiger partial charge >= 0.3 is 17.9 Å². The lowest BCUT2D eigenvalue weighted by Gasteiger charge is -2.42. The molecule has 7 heteroatoms. The molecule has 1 saturated heterocycles. The molecule has 2 aliphatic heterocycles. The molecule has 7 nitrogen and oxygen atoms in total. The molecule has 1 N–H and O–H groups in total. The lowest BCUT2D eigenvalue weighted by atomic mass is 9.72. The molecule has 0 bridgehead atoms. The van der Waals surface area contributed by atoms with Crippen molar-refractivity contribution >= 4 is 17.9 Å². The fourth-order valence-electron chi connectivity index (χ4n) is 5.00. The van der Waals surface area contributed by atoms with E-state index < -0.39 is 29.2 Å². The molecule has 0 aromatic heterocycles. The number of carbonyl (C=O) groups is 3. The highest BCUT2D eigenvalue weighted by atomic mass is 16.6. The summed E-state index contributed by atoms with van der Waals surface area (Å²) in [6.07, 6.45) is 3.63. The van der Waals surface area contributed by atoms with Gasteiger partial charge in [-0.1, -0.05) is 25.5 Å². The summed E-state index contributed by atoms with van der Waals surface area (Å²) in [5, 5.41) is 11.5. The summed E-state index contributed by atoms with van der Waals surface area (Å²) < 4.78 is 16.8. The Balaban J connectivity index is 2.16. The molecule has 1 aliphatic carbocycles. The van der Waals surface area contributed by atoms with Crippen LogP contribution in [0.1, 0.15) is 67.2 Å². The number of aliphatic hydroxyl groups is 1. The van der Waals surface area contributed by atoms with Gasteiger partial charge in [0.25, 0.3) is 0 Å². The Morgan fingerprint density at radius 1 is 1.29 bits per heavy atom. The molecular formula is C24H32O7. The number of carbonyl (C=O) groups excluding carboxylic acids is 3. The predicted molar refractivity (Wildman–Crippen MR) is 112 cm³/mol. The average Bonchev–Trinajstić information content (AvgIpc) is 2.96. The molecular weight excluding hydrogens is 400 g/mol. The summed E-state index contributed by atoms with van der Waals surface area (Å²) >= 11 is 0. The van der Waals surface area contributed by atoms with Gasteiger partial charge in [0.05, 0.1) is 6.42 Å². The molecule has 31 heavy (non-hydrogen) atoms. The molecule has 0 spiro atoms. The lowest BCUT2D eigenvalue weighted by molar-refractivity contribution is -0.160. The van der Waals surface area contributed by atoms with Crippen LogP contribution in [0.15, 0.2) is 34.6 Å². The van der Waals surface area contributed by atoms with Gasteiger partial charge in [0.2, 0.25) is 0 Å². The predicted octanol–water partition coefficient (Wildman–Crippen LogP) is 3.51. The highest BCUT2D eigenvalue weighted by molar-refractivity contribution is 5.84. The molecule has 0 unspecified atom stereocenters. The molecule has 0 aromatic rings. The second kappa shape index (κ2) is 8.26. The Morgan fingerprint density at radius 2 is 1.97 bits per heavy atom. The van der Waals surface area contributed by atoms with Gasteiger partial charge in [0.1, 0.15) is 11.4 Å². The van der Waals surface area contributed by atoms with E-state index in [1.807, 2.05) is 26.8 Å². The van der Waals surface area contributed by atoms with E-state index in [0.29, 0.717) is 30.4 Å². The number of allylic oxidation sites excluding steroid dienone is 2. The smallest absolute Gasteiger partial charge is 0.331 e. The van der Waals surface area contributed by atoms with Gasteiger partial charge in [-0.2, -0.15) is 0 Å². The first-order valence-corrected chi connectivity index (χ1v) is 10.8. The summed E-state index contributed by atoms with van der Waals surface area (Å²) in [5.41, 5.74) is -0.229. The van der Waals surface area contributed by atoms with Gasteiger partial charge < -0.3 is 19.3 Å². The highest BCUT2D eigenvalue weighted by Crippen LogP contribution is 2.46. The van der Waals surface area contributed by atoms with Crippen LogP contribution in [0.4, 0.5) is 0 Å². The van der Waals surface area contributed by atoms with Crippen molar-refractivity contribution in [1.82, 2.24) is 0 Å². The minimum Gasteiger partial charge on any atom is -0.456 e. The maximum Gasteiger partial charge on any atom is 0.331 e. The molecule has 0 radical (unpaired) electrons. The molecule has 0 saturated carbocycles. The monoisotopic (exact) mass is 432 g/mol. The van der Waals surface area contributed by atoms with E-state index in [0.717, 1.165) is 5.57 Å². The van der Waals surface area contributed by atoms with Gasteiger partial charge in [-0.05, 0) is 57.1 Å². The van der Waals surface area contributed by atoms with Crippen LogP contribution in [-0.4, -0.2) is 40.3 Å². The number of fused-ring (bicyclic) bond motifs is 2. The van der Waals surface area contributed by atoms with Gasteiger partial charge in [-0.15, -0.1) is 0 Å². The summed E-state index contributed by atoms with van der Waals surface area (Å²) in [6.45, 7) is 10.8. The summed E-state index contributed by atoms with van der Waals surface area (Å²) in [7, 11) is 0. The Kier molecular flexibility index (Phi) is 6.20. The first kappa shape index (κ1) is 23.3. The van der Waals surface area contributed by atoms with Crippen LogP contribution in [0.5, 0.6) is 0 Å². The van der Waals surface area contributed by atoms with Crippen molar-refractivity contribution in [2.75, 3.05) is 0 Å². The van der Waals surface area contributed by atoms with Gasteiger partial charge in [-0.25, -0.2) is 4.79 Å². The van der Waals surface area contributed by atoms with Crippen molar-refractivity contribution in [3.8, 4) is 0 Å². The van der Waals surface area contributed by atoms with E-state index in [1.165, 1.54) is 6.92 Å². The zero-order chi connectivity index (χ0) is 23.1. The van der Waals surface area contributed by atoms with E-state index in [4.69, 9.17) is 14.2 Å². The molecule has 1 fully saturated rings. The van der Waals surface area contributed by atoms with Crippen LogP contribution in [0.3, 0.4) is 0 Å². The minimum absolute atomic E-state index is 0.0638. The zero-order valence-electron chi connectivity index (χ0n) is 19.1. The molecule has 4 atom stereocenters. The Morgan fingerprint density at radius 3 is 2.58 bits per heavy atom. The van der Waals surface area contributed by atoms with Crippen molar-refractivity contribution < 1.29 is 33.7 Å². The maximum atomic E-state index is 12.4. The van der Waals surface area contributed by atoms with Crippen LogP contribution in [-0.2, 0) is 28.6 Å². The van der Waals surface area contributed by atoms with Crippen molar-refractivity contribution in [3.63, 3.8) is 0 Å². The highest BCUT2D eigenvalue weighted by Gasteiger charge is 2.54. The molecule has 0 amide bonds. The second-order valence-electron chi connectivity index (χ2n) is 9.44. The van der Waals surface area contributed by atoms with E-state index >= 15 is 0 Å². The van der Waals surface area contributed by atoms with Crippen molar-refractivity contribution in [2.24, 2.45) is 11.8 Å². The maximum absolute atomic E-state index is 12.4. The van der Waals surface area contributed by atoms with Crippen molar-refractivity contribution in [1.29, 1.82) is 0 Å². The SMILES string of the molecule is CC(=O)O[C@H]1/C(C)=C\C[C@@H]2C(C(C)C)=CC(=O)O[C@@]2(C)CC/C(C)=C2/OC(=O)C[C@@]21O. The molecule has 170 valence electrons. The van der Waals surface area contributed by atoms with E-state index in [9.17, 15) is 19.5 Å². The largest absolute Gasteiger partial charge is 0.456 e. The summed E-state index contributed by atoms with van der Waals surface area (Å²) in [4.78, 5) is 36.4. The van der Waals surface area contributed by atoms with Crippen LogP contribution in [0, 0.1) is 11.8 Å². The van der Waals surface area contributed by atoms with E-state index in [2.05, 4.69) is 0 Å². The van der Waals surface area contributed by atoms with Crippen LogP contribution in [0.2, 0.25) is 0 Å². The number of ether oxygens (including phenoxy) is 3. The van der Waals surface area contributed by atoms with Crippen molar-refractivity contribution in [2.45, 2.75) is 84.5 Å². The third kappa shape index (κ3) is 4.33. The number of hydrogen-bond donors (Lipinski definition) is 1. The first-order chi connectivity index (χ1) is 14.4. The summed E-state index contributed by atoms with van der Waals surface area (Å²) in [6, 6.07) is 0. The third-order valence-corrected chi connectivity index (χ3v) is 6.64. The van der Waals surface area contributed by atoms with Gasteiger partial charge in [-0.3, -0.25) is 9.59 Å². The summed E-state index contributed by atoms with van der Waals surface area (Å²) in [5.74, 6) is -1.27. The number of rotatable bonds is 2. The van der Waals surface area contributed by atoms with Crippen LogP contribution < -0.4 is 0 Å². The lowest BCUT2D eigenvalue weighted by Crippen LogP contribution is -2.45. The van der Waals surface area contributed by atoms with Crippen LogP contribution >= 0.6 is 0 Å². The average molecular weight is 433 g/mol. The minimum atomic E-state index is -1.77. The third-order valence-electron chi connectivity index (χ3n) is 6.64. The Hall–Kier alpha value is -2.41. The zero-order valence-corrected chi connectivity index (χ0v) is 19.1. The van der Waals surface area contributed by atoms with Crippen LogP contribution in [0.25, 0.3) is 0 Å². The Bertz CT molecular complexity index is 894. The normalized spacial score (nSPS) is 38.1. The van der Waals surface area contributed by atoms with E-state index in [-0.39, 0.29) is 30.0 Å². The van der Waals surface area contributed by atoms with Crippen molar-refractivity contribution in [3.05, 3.63) is 34.6 Å². The molecule has 0 aromatic carbocycles. The second-order valence-corrected chi connectivity index (χ2v) is 9.44. The van der Waals surface area contributed by atoms with Gasteiger partial charge in [0, 0.05) is 18.9 Å².